The van der Waals surface area contributed by atoms with Gasteiger partial charge < -0.3 is 18.9 Å². The summed E-state index contributed by atoms with van der Waals surface area (Å²) in [6.45, 7) is 8.64. The van der Waals surface area contributed by atoms with E-state index in [2.05, 4.69) is 13.8 Å². The lowest BCUT2D eigenvalue weighted by atomic mass is 10.2. The molecule has 0 aromatic heterocycles. The molecule has 1 heterocycles. The van der Waals surface area contributed by atoms with E-state index in [1.165, 1.54) is 0 Å². The first-order valence-corrected chi connectivity index (χ1v) is 8.04. The highest BCUT2D eigenvalue weighted by Gasteiger charge is 2.39. The van der Waals surface area contributed by atoms with Crippen LogP contribution in [0.1, 0.15) is 40.0 Å². The molecule has 1 fully saturated rings. The fourth-order valence-corrected chi connectivity index (χ4v) is 2.09. The average molecular weight is 316 g/mol. The molecule has 1 aliphatic rings. The number of unbranched alkanes of at least 4 members (excludes halogenated alkanes) is 1. The third-order valence-corrected chi connectivity index (χ3v) is 3.13. The van der Waals surface area contributed by atoms with Crippen molar-refractivity contribution in [3.63, 3.8) is 0 Å². The number of esters is 1. The van der Waals surface area contributed by atoms with Crippen LogP contribution in [0, 0.1) is 5.92 Å². The van der Waals surface area contributed by atoms with Crippen LogP contribution in [0.25, 0.3) is 0 Å². The largest absolute Gasteiger partial charge is 0.464 e. The minimum Gasteiger partial charge on any atom is -0.464 e. The molecule has 0 aromatic rings. The quantitative estimate of drug-likeness (QED) is 0.328. The molecule has 0 amide bonds. The molecule has 1 rings (SSSR count). The van der Waals surface area contributed by atoms with Gasteiger partial charge in [0, 0.05) is 26.2 Å². The van der Waals surface area contributed by atoms with Crippen LogP contribution in [0.3, 0.4) is 0 Å². The maximum Gasteiger partial charge on any atom is 0.343 e. The minimum absolute atomic E-state index is 0.209. The molecule has 0 aromatic carbocycles. The van der Waals surface area contributed by atoms with E-state index in [0.717, 1.165) is 26.1 Å². The zero-order chi connectivity index (χ0) is 16.4. The fraction of sp³-hybridized carbons (Fsp3) is 0.875. The zero-order valence-electron chi connectivity index (χ0n) is 13.8. The van der Waals surface area contributed by atoms with Gasteiger partial charge in [0.25, 0.3) is 0 Å². The summed E-state index contributed by atoms with van der Waals surface area (Å²) >= 11 is 0. The van der Waals surface area contributed by atoms with E-state index in [4.69, 9.17) is 18.9 Å². The fourth-order valence-electron chi connectivity index (χ4n) is 2.09. The number of Topliss-reactive ketones (excluding diaryl/α,β-unsaturated/α-hetero) is 1. The van der Waals surface area contributed by atoms with Crippen LogP contribution in [0.5, 0.6) is 0 Å². The molecule has 0 spiro atoms. The Kier molecular flexibility index (Phi) is 9.27. The van der Waals surface area contributed by atoms with Crippen LogP contribution in [-0.2, 0) is 28.5 Å². The van der Waals surface area contributed by atoms with Crippen LogP contribution in [0.4, 0.5) is 0 Å². The van der Waals surface area contributed by atoms with Gasteiger partial charge in [0.2, 0.25) is 6.10 Å². The number of ether oxygens (including phenoxy) is 4. The van der Waals surface area contributed by atoms with E-state index in [9.17, 15) is 9.59 Å². The van der Waals surface area contributed by atoms with E-state index >= 15 is 0 Å². The van der Waals surface area contributed by atoms with Crippen molar-refractivity contribution in [1.29, 1.82) is 0 Å². The van der Waals surface area contributed by atoms with Crippen LogP contribution in [-0.4, -0.2) is 57.0 Å². The van der Waals surface area contributed by atoms with Gasteiger partial charge in [-0.2, -0.15) is 0 Å². The van der Waals surface area contributed by atoms with Crippen LogP contribution >= 0.6 is 0 Å². The van der Waals surface area contributed by atoms with Crippen LogP contribution in [0.2, 0.25) is 0 Å². The van der Waals surface area contributed by atoms with Crippen molar-refractivity contribution in [2.45, 2.75) is 52.2 Å². The Balaban J connectivity index is 2.04. The van der Waals surface area contributed by atoms with Crippen LogP contribution < -0.4 is 0 Å². The molecule has 1 saturated heterocycles. The summed E-state index contributed by atoms with van der Waals surface area (Å²) in [5, 5.41) is 0. The molecule has 0 aliphatic carbocycles. The Hall–Kier alpha value is -0.980. The van der Waals surface area contributed by atoms with Crippen molar-refractivity contribution < 1.29 is 28.5 Å². The van der Waals surface area contributed by atoms with Crippen molar-refractivity contribution in [2.24, 2.45) is 5.92 Å². The lowest BCUT2D eigenvalue weighted by molar-refractivity contribution is -0.159. The molecule has 0 saturated carbocycles. The van der Waals surface area contributed by atoms with Gasteiger partial charge in [-0.3, -0.25) is 4.79 Å². The highest BCUT2D eigenvalue weighted by molar-refractivity contribution is 6.03. The van der Waals surface area contributed by atoms with Crippen molar-refractivity contribution in [1.82, 2.24) is 0 Å². The Morgan fingerprint density at radius 3 is 2.59 bits per heavy atom. The third-order valence-electron chi connectivity index (χ3n) is 3.13. The molecule has 2 unspecified atom stereocenters. The molecule has 1 aliphatic heterocycles. The molecule has 128 valence electrons. The summed E-state index contributed by atoms with van der Waals surface area (Å²) in [7, 11) is 0. The van der Waals surface area contributed by atoms with E-state index in [-0.39, 0.29) is 24.9 Å². The topological polar surface area (TPSA) is 71.1 Å². The summed E-state index contributed by atoms with van der Waals surface area (Å²) in [4.78, 5) is 23.2. The standard InChI is InChI=1S/C16H28O6/c1-4-21-16(18)15-14(17)9-13(22-15)11-20-8-6-5-7-19-10-12(2)3/h12-13,15H,4-11H2,1-3H3. The third kappa shape index (κ3) is 7.33. The smallest absolute Gasteiger partial charge is 0.343 e. The molecule has 6 nitrogen and oxygen atoms in total. The molecule has 0 radical (unpaired) electrons. The Morgan fingerprint density at radius 2 is 1.95 bits per heavy atom. The maximum absolute atomic E-state index is 11.7. The summed E-state index contributed by atoms with van der Waals surface area (Å²) in [6.07, 6.45) is 0.640. The van der Waals surface area contributed by atoms with Crippen molar-refractivity contribution in [3.8, 4) is 0 Å². The number of carbonyl (C=O) groups excluding carboxylic acids is 2. The Morgan fingerprint density at radius 1 is 1.27 bits per heavy atom. The number of rotatable bonds is 11. The second-order valence-electron chi connectivity index (χ2n) is 5.81. The van der Waals surface area contributed by atoms with Gasteiger partial charge in [-0.25, -0.2) is 4.79 Å². The predicted octanol–water partition coefficient (Wildman–Crippen LogP) is 1.75. The Bertz CT molecular complexity index is 342. The number of hydrogen-bond donors (Lipinski definition) is 0. The summed E-state index contributed by atoms with van der Waals surface area (Å²) in [6, 6.07) is 0. The molecule has 22 heavy (non-hydrogen) atoms. The zero-order valence-corrected chi connectivity index (χ0v) is 13.8. The normalized spacial score (nSPS) is 21.5. The van der Waals surface area contributed by atoms with Gasteiger partial charge >= 0.3 is 5.97 Å². The second-order valence-corrected chi connectivity index (χ2v) is 5.81. The molecular formula is C16H28O6. The first kappa shape index (κ1) is 19.1. The monoisotopic (exact) mass is 316 g/mol. The molecule has 0 N–H and O–H groups in total. The Labute approximate surface area is 132 Å². The summed E-state index contributed by atoms with van der Waals surface area (Å²) in [5.41, 5.74) is 0. The van der Waals surface area contributed by atoms with Gasteiger partial charge in [0.05, 0.1) is 19.3 Å². The first-order chi connectivity index (χ1) is 10.5. The predicted molar refractivity (Wildman–Crippen MR) is 80.6 cm³/mol. The SMILES string of the molecule is CCOC(=O)C1OC(COCCCCOCC(C)C)CC1=O. The summed E-state index contributed by atoms with van der Waals surface area (Å²) < 4.78 is 21.2. The van der Waals surface area contributed by atoms with Gasteiger partial charge in [0.1, 0.15) is 0 Å². The maximum atomic E-state index is 11.7. The van der Waals surface area contributed by atoms with Gasteiger partial charge in [0.15, 0.2) is 5.78 Å². The minimum atomic E-state index is -1.07. The van der Waals surface area contributed by atoms with Gasteiger partial charge in [-0.1, -0.05) is 13.8 Å². The van der Waals surface area contributed by atoms with Crippen LogP contribution in [0.15, 0.2) is 0 Å². The molecule has 6 heteroatoms. The van der Waals surface area contributed by atoms with Gasteiger partial charge in [-0.05, 0) is 25.7 Å². The van der Waals surface area contributed by atoms with Crippen molar-refractivity contribution in [3.05, 3.63) is 0 Å². The molecule has 2 atom stereocenters. The highest BCUT2D eigenvalue weighted by atomic mass is 16.6. The van der Waals surface area contributed by atoms with E-state index < -0.39 is 12.1 Å². The lowest BCUT2D eigenvalue weighted by Crippen LogP contribution is -2.29. The number of hydrogen-bond acceptors (Lipinski definition) is 6. The van der Waals surface area contributed by atoms with E-state index in [1.807, 2.05) is 0 Å². The second kappa shape index (κ2) is 10.7. The van der Waals surface area contributed by atoms with E-state index in [0.29, 0.717) is 19.1 Å². The lowest BCUT2D eigenvalue weighted by Gasteiger charge is -2.12. The first-order valence-electron chi connectivity index (χ1n) is 8.04. The van der Waals surface area contributed by atoms with Crippen molar-refractivity contribution >= 4 is 11.8 Å². The van der Waals surface area contributed by atoms with Crippen molar-refractivity contribution in [2.75, 3.05) is 33.0 Å². The molecule has 0 bridgehead atoms. The summed E-state index contributed by atoms with van der Waals surface area (Å²) in [5.74, 6) is -0.271. The number of carbonyl (C=O) groups is 2. The van der Waals surface area contributed by atoms with E-state index in [1.54, 1.807) is 6.92 Å². The number of ketones is 1. The van der Waals surface area contributed by atoms with Gasteiger partial charge in [-0.15, -0.1) is 0 Å². The highest BCUT2D eigenvalue weighted by Crippen LogP contribution is 2.18. The average Bonchev–Trinajstić information content (AvgIpc) is 2.83. The molecular weight excluding hydrogens is 288 g/mol.